The lowest BCUT2D eigenvalue weighted by Gasteiger charge is -2.46. The van der Waals surface area contributed by atoms with Gasteiger partial charge in [0.15, 0.2) is 0 Å². The summed E-state index contributed by atoms with van der Waals surface area (Å²) in [6.07, 6.45) is 13.9. The molecule has 38 heavy (non-hydrogen) atoms. The second-order valence-electron chi connectivity index (χ2n) is 9.96. The molecule has 2 aliphatic heterocycles. The van der Waals surface area contributed by atoms with Crippen LogP contribution in [0.1, 0.15) is 35.3 Å². The van der Waals surface area contributed by atoms with Crippen molar-refractivity contribution in [1.29, 1.82) is 0 Å². The molecule has 2 aliphatic rings. The van der Waals surface area contributed by atoms with E-state index >= 15 is 0 Å². The number of hydrogen-bond acceptors (Lipinski definition) is 7. The van der Waals surface area contributed by atoms with Gasteiger partial charge in [-0.1, -0.05) is 6.42 Å². The van der Waals surface area contributed by atoms with Crippen molar-refractivity contribution in [1.82, 2.24) is 39.2 Å². The highest BCUT2D eigenvalue weighted by atomic mass is 16.2. The molecule has 12 heteroatoms. The largest absolute Gasteiger partial charge is 0.321 e. The number of pyridine rings is 1. The molecule has 4 aromatic heterocycles. The van der Waals surface area contributed by atoms with Gasteiger partial charge in [0.1, 0.15) is 0 Å². The number of piperidine rings is 1. The van der Waals surface area contributed by atoms with Crippen LogP contribution in [0.25, 0.3) is 16.8 Å². The number of anilines is 2. The lowest BCUT2D eigenvalue weighted by molar-refractivity contribution is 0.0493. The molecule has 12 nitrogen and oxygen atoms in total. The van der Waals surface area contributed by atoms with E-state index in [1.54, 1.807) is 47.0 Å². The van der Waals surface area contributed by atoms with Crippen molar-refractivity contribution in [2.45, 2.75) is 32.2 Å². The molecule has 0 aliphatic carbocycles. The monoisotopic (exact) mass is 514 g/mol. The van der Waals surface area contributed by atoms with Gasteiger partial charge in [-0.3, -0.25) is 24.3 Å². The number of nitrogens with zero attached hydrogens (tertiary/aromatic N) is 8. The van der Waals surface area contributed by atoms with Gasteiger partial charge in [-0.2, -0.15) is 10.2 Å². The van der Waals surface area contributed by atoms with Gasteiger partial charge in [0.2, 0.25) is 0 Å². The first-order chi connectivity index (χ1) is 18.4. The lowest BCUT2D eigenvalue weighted by Crippen LogP contribution is -2.62. The van der Waals surface area contributed by atoms with E-state index in [0.29, 0.717) is 39.9 Å². The standard InChI is InChI=1S/C26H30N10O2/c1-17-22(8-19(10-27-17)31-26(38)35-14-20(15-35)34-6-4-3-5-7-34)32-25(37)21-11-30-36-16-23(28-12-24(21)36)18-9-29-33(2)13-18/h8-13,16,20H,3-7,14-15H2,1-2H3,(H,31,38)(H,32,37). The van der Waals surface area contributed by atoms with Gasteiger partial charge in [0.25, 0.3) is 5.91 Å². The molecule has 2 saturated heterocycles. The molecule has 6 heterocycles. The second-order valence-corrected chi connectivity index (χ2v) is 9.96. The molecule has 2 N–H and O–H groups in total. The SMILES string of the molecule is Cc1ncc(NC(=O)N2CC(N3CCCCC3)C2)cc1NC(=O)c1cnn2cc(-c3cnn(C)c3)ncc12. The van der Waals surface area contributed by atoms with Crippen molar-refractivity contribution in [3.63, 3.8) is 0 Å². The number of aromatic nitrogens is 6. The minimum atomic E-state index is -0.337. The average Bonchev–Trinajstić information content (AvgIpc) is 3.51. The summed E-state index contributed by atoms with van der Waals surface area (Å²) in [4.78, 5) is 39.1. The van der Waals surface area contributed by atoms with Crippen molar-refractivity contribution >= 4 is 28.8 Å². The molecular formula is C26H30N10O2. The Labute approximate surface area is 219 Å². The molecule has 196 valence electrons. The number of aryl methyl sites for hydroxylation is 2. The zero-order valence-electron chi connectivity index (χ0n) is 21.5. The Morgan fingerprint density at radius 2 is 1.76 bits per heavy atom. The highest BCUT2D eigenvalue weighted by Crippen LogP contribution is 2.24. The summed E-state index contributed by atoms with van der Waals surface area (Å²) in [6, 6.07) is 2.02. The number of nitrogens with one attached hydrogen (secondary N) is 2. The summed E-state index contributed by atoms with van der Waals surface area (Å²) < 4.78 is 3.32. The molecule has 2 fully saturated rings. The Balaban J connectivity index is 1.11. The number of likely N-dealkylation sites (tertiary alicyclic amines) is 2. The number of rotatable bonds is 5. The number of amides is 3. The van der Waals surface area contributed by atoms with Crippen molar-refractivity contribution in [3.05, 3.63) is 54.5 Å². The summed E-state index contributed by atoms with van der Waals surface area (Å²) in [5.41, 5.74) is 4.20. The topological polar surface area (TPSA) is 126 Å². The van der Waals surface area contributed by atoms with Crippen LogP contribution in [0.4, 0.5) is 16.2 Å². The number of carbonyl (C=O) groups excluding carboxylic acids is 2. The third-order valence-corrected chi connectivity index (χ3v) is 7.29. The van der Waals surface area contributed by atoms with Crippen LogP contribution in [-0.4, -0.2) is 83.3 Å². The maximum absolute atomic E-state index is 13.1. The zero-order valence-corrected chi connectivity index (χ0v) is 21.5. The van der Waals surface area contributed by atoms with Crippen molar-refractivity contribution in [3.8, 4) is 11.3 Å². The van der Waals surface area contributed by atoms with E-state index in [0.717, 1.165) is 31.7 Å². The molecular weight excluding hydrogens is 484 g/mol. The molecule has 0 saturated carbocycles. The van der Waals surface area contributed by atoms with E-state index in [1.807, 2.05) is 18.1 Å². The van der Waals surface area contributed by atoms with E-state index < -0.39 is 0 Å². The fourth-order valence-electron chi connectivity index (χ4n) is 5.02. The van der Waals surface area contributed by atoms with Crippen molar-refractivity contribution in [2.24, 2.45) is 7.05 Å². The highest BCUT2D eigenvalue weighted by Gasteiger charge is 2.35. The molecule has 0 radical (unpaired) electrons. The molecule has 0 aromatic carbocycles. The number of urea groups is 1. The fraction of sp³-hybridized carbons (Fsp3) is 0.385. The Bertz CT molecular complexity index is 1500. The van der Waals surface area contributed by atoms with Crippen molar-refractivity contribution in [2.75, 3.05) is 36.8 Å². The molecule has 3 amide bonds. The van der Waals surface area contributed by atoms with Crippen molar-refractivity contribution < 1.29 is 9.59 Å². The van der Waals surface area contributed by atoms with Gasteiger partial charge in [-0.15, -0.1) is 0 Å². The summed E-state index contributed by atoms with van der Waals surface area (Å²) in [7, 11) is 1.84. The molecule has 0 bridgehead atoms. The Morgan fingerprint density at radius 3 is 2.53 bits per heavy atom. The van der Waals surface area contributed by atoms with Gasteiger partial charge in [0, 0.05) is 37.9 Å². The van der Waals surface area contributed by atoms with Gasteiger partial charge >= 0.3 is 6.03 Å². The predicted octanol–water partition coefficient (Wildman–Crippen LogP) is 2.79. The average molecular weight is 515 g/mol. The third kappa shape index (κ3) is 4.70. The Kier molecular flexibility index (Phi) is 6.24. The van der Waals surface area contributed by atoms with E-state index in [1.165, 1.54) is 25.5 Å². The lowest BCUT2D eigenvalue weighted by atomic mass is 10.0. The van der Waals surface area contributed by atoms with Crippen LogP contribution in [0.5, 0.6) is 0 Å². The normalized spacial score (nSPS) is 16.4. The summed E-state index contributed by atoms with van der Waals surface area (Å²) in [6.45, 7) is 5.52. The second kappa shape index (κ2) is 9.86. The Morgan fingerprint density at radius 1 is 0.947 bits per heavy atom. The summed E-state index contributed by atoms with van der Waals surface area (Å²) in [5, 5.41) is 14.3. The van der Waals surface area contributed by atoms with Crippen LogP contribution in [-0.2, 0) is 7.05 Å². The van der Waals surface area contributed by atoms with Crippen LogP contribution >= 0.6 is 0 Å². The van der Waals surface area contributed by atoms with E-state index in [4.69, 9.17) is 0 Å². The first-order valence-electron chi connectivity index (χ1n) is 12.8. The van der Waals surface area contributed by atoms with Crippen LogP contribution in [0, 0.1) is 6.92 Å². The number of carbonyl (C=O) groups is 2. The number of hydrogen-bond donors (Lipinski definition) is 2. The third-order valence-electron chi connectivity index (χ3n) is 7.29. The summed E-state index contributed by atoms with van der Waals surface area (Å²) in [5.74, 6) is -0.337. The van der Waals surface area contributed by atoms with Gasteiger partial charge in [-0.25, -0.2) is 9.31 Å². The molecule has 0 unspecified atom stereocenters. The fourth-order valence-corrected chi connectivity index (χ4v) is 5.02. The van der Waals surface area contributed by atoms with Crippen LogP contribution < -0.4 is 10.6 Å². The smallest absolute Gasteiger partial charge is 0.321 e. The molecule has 0 spiro atoms. The maximum atomic E-state index is 13.1. The van der Waals surface area contributed by atoms with Crippen LogP contribution in [0.3, 0.4) is 0 Å². The van der Waals surface area contributed by atoms with E-state index in [2.05, 4.69) is 35.7 Å². The maximum Gasteiger partial charge on any atom is 0.321 e. The minimum Gasteiger partial charge on any atom is -0.321 e. The van der Waals surface area contributed by atoms with E-state index in [9.17, 15) is 9.59 Å². The predicted molar refractivity (Wildman–Crippen MR) is 142 cm³/mol. The zero-order chi connectivity index (χ0) is 26.2. The summed E-state index contributed by atoms with van der Waals surface area (Å²) >= 11 is 0. The van der Waals surface area contributed by atoms with Crippen LogP contribution in [0.15, 0.2) is 43.2 Å². The van der Waals surface area contributed by atoms with Gasteiger partial charge < -0.3 is 15.5 Å². The first-order valence-corrected chi connectivity index (χ1v) is 12.8. The molecule has 0 atom stereocenters. The molecule has 6 rings (SSSR count). The van der Waals surface area contributed by atoms with Gasteiger partial charge in [-0.05, 0) is 38.9 Å². The van der Waals surface area contributed by atoms with Gasteiger partial charge in [0.05, 0.1) is 64.8 Å². The van der Waals surface area contributed by atoms with E-state index in [-0.39, 0.29) is 11.9 Å². The van der Waals surface area contributed by atoms with Crippen LogP contribution in [0.2, 0.25) is 0 Å². The first kappa shape index (κ1) is 24.0. The Hall–Kier alpha value is -4.32. The highest BCUT2D eigenvalue weighted by molar-refractivity contribution is 6.09. The minimum absolute atomic E-state index is 0.153. The molecule has 4 aromatic rings. The number of fused-ring (bicyclic) bond motifs is 1. The quantitative estimate of drug-likeness (QED) is 0.419.